The standard InChI is InChI=1S/C9H13NOS/c1-7(11)4-5-8(10)9-3-2-6-12-9/h2-3,6,8H,4-5,10H2,1H3. The fourth-order valence-electron chi connectivity index (χ4n) is 1.00. The van der Waals surface area contributed by atoms with E-state index in [4.69, 9.17) is 5.73 Å². The molecular weight excluding hydrogens is 170 g/mol. The topological polar surface area (TPSA) is 43.1 Å². The van der Waals surface area contributed by atoms with Crippen LogP contribution >= 0.6 is 11.3 Å². The molecule has 0 aromatic carbocycles. The van der Waals surface area contributed by atoms with Crippen LogP contribution in [0.25, 0.3) is 0 Å². The first kappa shape index (κ1) is 9.42. The fraction of sp³-hybridized carbons (Fsp3) is 0.444. The van der Waals surface area contributed by atoms with E-state index in [1.54, 1.807) is 18.3 Å². The van der Waals surface area contributed by atoms with Crippen LogP contribution in [-0.2, 0) is 4.79 Å². The summed E-state index contributed by atoms with van der Waals surface area (Å²) in [6.07, 6.45) is 1.34. The quantitative estimate of drug-likeness (QED) is 0.777. The van der Waals surface area contributed by atoms with E-state index in [0.717, 1.165) is 11.3 Å². The van der Waals surface area contributed by atoms with E-state index in [2.05, 4.69) is 0 Å². The molecule has 1 heterocycles. The third-order valence-corrected chi connectivity index (χ3v) is 2.72. The van der Waals surface area contributed by atoms with Gasteiger partial charge in [0.15, 0.2) is 0 Å². The number of thiophene rings is 1. The van der Waals surface area contributed by atoms with Crippen molar-refractivity contribution < 1.29 is 4.79 Å². The number of carbonyl (C=O) groups excluding carboxylic acids is 1. The van der Waals surface area contributed by atoms with Crippen LogP contribution in [0.1, 0.15) is 30.7 Å². The minimum atomic E-state index is 0.0360. The Labute approximate surface area is 76.4 Å². The number of Topliss-reactive ketones (excluding diaryl/α,β-unsaturated/α-hetero) is 1. The molecule has 12 heavy (non-hydrogen) atoms. The summed E-state index contributed by atoms with van der Waals surface area (Å²) in [5, 5.41) is 2.00. The molecule has 2 N–H and O–H groups in total. The third-order valence-electron chi connectivity index (χ3n) is 1.72. The van der Waals surface area contributed by atoms with Gasteiger partial charge in [-0.05, 0) is 24.8 Å². The normalized spacial score (nSPS) is 12.8. The van der Waals surface area contributed by atoms with Gasteiger partial charge < -0.3 is 10.5 Å². The molecule has 1 aromatic rings. The van der Waals surface area contributed by atoms with E-state index < -0.39 is 0 Å². The van der Waals surface area contributed by atoms with Gasteiger partial charge in [-0.3, -0.25) is 0 Å². The zero-order chi connectivity index (χ0) is 8.97. The summed E-state index contributed by atoms with van der Waals surface area (Å²) >= 11 is 1.65. The first-order chi connectivity index (χ1) is 5.70. The molecule has 1 unspecified atom stereocenters. The zero-order valence-electron chi connectivity index (χ0n) is 7.12. The predicted octanol–water partition coefficient (Wildman–Crippen LogP) is 2.12. The molecule has 0 radical (unpaired) electrons. The van der Waals surface area contributed by atoms with Crippen LogP contribution in [0.15, 0.2) is 17.5 Å². The Morgan fingerprint density at radius 2 is 2.50 bits per heavy atom. The molecule has 0 spiro atoms. The van der Waals surface area contributed by atoms with Crippen molar-refractivity contribution in [2.24, 2.45) is 5.73 Å². The number of hydrogen-bond donors (Lipinski definition) is 1. The molecule has 0 saturated heterocycles. The van der Waals surface area contributed by atoms with E-state index in [0.29, 0.717) is 6.42 Å². The second-order valence-corrected chi connectivity index (χ2v) is 3.84. The van der Waals surface area contributed by atoms with Crippen LogP contribution in [0.4, 0.5) is 0 Å². The van der Waals surface area contributed by atoms with Crippen molar-refractivity contribution in [3.8, 4) is 0 Å². The Bertz CT molecular complexity index is 243. The highest BCUT2D eigenvalue weighted by Crippen LogP contribution is 2.20. The van der Waals surface area contributed by atoms with Crippen molar-refractivity contribution in [3.63, 3.8) is 0 Å². The minimum Gasteiger partial charge on any atom is -0.323 e. The Morgan fingerprint density at radius 1 is 1.75 bits per heavy atom. The number of carbonyl (C=O) groups is 1. The van der Waals surface area contributed by atoms with Crippen molar-refractivity contribution in [2.75, 3.05) is 0 Å². The van der Waals surface area contributed by atoms with Crippen LogP contribution in [0.5, 0.6) is 0 Å². The molecular formula is C9H13NOS. The van der Waals surface area contributed by atoms with Crippen molar-refractivity contribution in [2.45, 2.75) is 25.8 Å². The zero-order valence-corrected chi connectivity index (χ0v) is 7.93. The van der Waals surface area contributed by atoms with Crippen LogP contribution < -0.4 is 5.73 Å². The highest BCUT2D eigenvalue weighted by atomic mass is 32.1. The molecule has 0 fully saturated rings. The number of hydrogen-bond acceptors (Lipinski definition) is 3. The van der Waals surface area contributed by atoms with Crippen molar-refractivity contribution in [1.82, 2.24) is 0 Å². The van der Waals surface area contributed by atoms with E-state index in [9.17, 15) is 4.79 Å². The molecule has 66 valence electrons. The summed E-state index contributed by atoms with van der Waals surface area (Å²) in [4.78, 5) is 11.8. The fourth-order valence-corrected chi connectivity index (χ4v) is 1.77. The number of nitrogens with two attached hydrogens (primary N) is 1. The van der Waals surface area contributed by atoms with Gasteiger partial charge in [0.1, 0.15) is 5.78 Å². The van der Waals surface area contributed by atoms with Crippen LogP contribution in [0.2, 0.25) is 0 Å². The second-order valence-electron chi connectivity index (χ2n) is 2.86. The van der Waals surface area contributed by atoms with Gasteiger partial charge in [-0.15, -0.1) is 11.3 Å². The largest absolute Gasteiger partial charge is 0.323 e. The smallest absolute Gasteiger partial charge is 0.129 e. The lowest BCUT2D eigenvalue weighted by atomic mass is 10.1. The lowest BCUT2D eigenvalue weighted by Crippen LogP contribution is -2.09. The molecule has 3 heteroatoms. The van der Waals surface area contributed by atoms with Gasteiger partial charge in [0.25, 0.3) is 0 Å². The van der Waals surface area contributed by atoms with Crippen LogP contribution in [0.3, 0.4) is 0 Å². The monoisotopic (exact) mass is 183 g/mol. The molecule has 0 amide bonds. The lowest BCUT2D eigenvalue weighted by molar-refractivity contribution is -0.117. The van der Waals surface area contributed by atoms with Gasteiger partial charge in [0.05, 0.1) is 0 Å². The Balaban J connectivity index is 2.39. The molecule has 0 saturated carbocycles. The summed E-state index contributed by atoms with van der Waals surface area (Å²) < 4.78 is 0. The summed E-state index contributed by atoms with van der Waals surface area (Å²) in [7, 11) is 0. The molecule has 2 nitrogen and oxygen atoms in total. The predicted molar refractivity (Wildman–Crippen MR) is 51.2 cm³/mol. The molecule has 0 aliphatic rings. The van der Waals surface area contributed by atoms with Crippen molar-refractivity contribution in [1.29, 1.82) is 0 Å². The van der Waals surface area contributed by atoms with Crippen LogP contribution in [-0.4, -0.2) is 5.78 Å². The first-order valence-corrected chi connectivity index (χ1v) is 4.86. The SMILES string of the molecule is CC(=O)CCC(N)c1cccs1. The Hall–Kier alpha value is -0.670. The van der Waals surface area contributed by atoms with Crippen molar-refractivity contribution in [3.05, 3.63) is 22.4 Å². The average Bonchev–Trinajstić information content (AvgIpc) is 2.51. The Morgan fingerprint density at radius 3 is 3.00 bits per heavy atom. The second kappa shape index (κ2) is 4.38. The highest BCUT2D eigenvalue weighted by molar-refractivity contribution is 7.10. The first-order valence-electron chi connectivity index (χ1n) is 3.98. The van der Waals surface area contributed by atoms with E-state index in [-0.39, 0.29) is 11.8 Å². The molecule has 1 rings (SSSR count). The van der Waals surface area contributed by atoms with E-state index in [1.807, 2.05) is 17.5 Å². The number of ketones is 1. The van der Waals surface area contributed by atoms with Gasteiger partial charge in [-0.1, -0.05) is 6.07 Å². The lowest BCUT2D eigenvalue weighted by Gasteiger charge is -2.06. The molecule has 1 aromatic heterocycles. The minimum absolute atomic E-state index is 0.0360. The summed E-state index contributed by atoms with van der Waals surface area (Å²) in [6.45, 7) is 1.60. The van der Waals surface area contributed by atoms with Gasteiger partial charge in [-0.2, -0.15) is 0 Å². The molecule has 0 aliphatic carbocycles. The van der Waals surface area contributed by atoms with Gasteiger partial charge in [-0.25, -0.2) is 0 Å². The Kier molecular flexibility index (Phi) is 3.44. The third kappa shape index (κ3) is 2.75. The van der Waals surface area contributed by atoms with E-state index in [1.165, 1.54) is 0 Å². The highest BCUT2D eigenvalue weighted by Gasteiger charge is 2.07. The maximum atomic E-state index is 10.7. The molecule has 0 aliphatic heterocycles. The van der Waals surface area contributed by atoms with Gasteiger partial charge >= 0.3 is 0 Å². The van der Waals surface area contributed by atoms with Gasteiger partial charge in [0, 0.05) is 17.3 Å². The number of rotatable bonds is 4. The molecule has 0 bridgehead atoms. The molecule has 1 atom stereocenters. The van der Waals surface area contributed by atoms with Crippen LogP contribution in [0, 0.1) is 0 Å². The summed E-state index contributed by atoms with van der Waals surface area (Å²) in [6, 6.07) is 4.03. The summed E-state index contributed by atoms with van der Waals surface area (Å²) in [5.74, 6) is 0.210. The maximum absolute atomic E-state index is 10.7. The average molecular weight is 183 g/mol. The van der Waals surface area contributed by atoms with Crippen molar-refractivity contribution >= 4 is 17.1 Å². The van der Waals surface area contributed by atoms with Gasteiger partial charge in [0.2, 0.25) is 0 Å². The summed E-state index contributed by atoms with van der Waals surface area (Å²) in [5.41, 5.74) is 5.85. The maximum Gasteiger partial charge on any atom is 0.129 e. The van der Waals surface area contributed by atoms with E-state index >= 15 is 0 Å².